The Balaban J connectivity index is 1.39. The van der Waals surface area contributed by atoms with Crippen LogP contribution in [0.5, 0.6) is 0 Å². The molecule has 0 fully saturated rings. The molecule has 2 aromatic rings. The van der Waals surface area contributed by atoms with Crippen LogP contribution in [0.25, 0.3) is 0 Å². The minimum Gasteiger partial charge on any atom is -0.451 e. The zero-order valence-electron chi connectivity index (χ0n) is 12.8. The second-order valence-corrected chi connectivity index (χ2v) is 6.71. The van der Waals surface area contributed by atoms with Crippen molar-refractivity contribution in [3.8, 4) is 0 Å². The molecule has 1 aromatic heterocycles. The average molecular weight is 329 g/mol. The number of rotatable bonds is 6. The van der Waals surface area contributed by atoms with E-state index in [0.29, 0.717) is 11.4 Å². The highest BCUT2D eigenvalue weighted by atomic mass is 32.1. The van der Waals surface area contributed by atoms with E-state index in [4.69, 9.17) is 4.74 Å². The number of hydrogen-bond donors (Lipinski definition) is 1. The Hall–Kier alpha value is -2.14. The van der Waals surface area contributed by atoms with E-state index < -0.39 is 5.97 Å². The summed E-state index contributed by atoms with van der Waals surface area (Å²) in [6.07, 6.45) is 4.02. The molecule has 0 spiro atoms. The molecule has 120 valence electrons. The van der Waals surface area contributed by atoms with E-state index in [0.717, 1.165) is 24.8 Å². The smallest absolute Gasteiger partial charge is 0.348 e. The van der Waals surface area contributed by atoms with Crippen molar-refractivity contribution in [1.82, 2.24) is 5.32 Å². The highest BCUT2D eigenvalue weighted by Gasteiger charge is 2.19. The Bertz CT molecular complexity index is 672. The molecule has 0 atom stereocenters. The molecule has 1 heterocycles. The maximum absolute atomic E-state index is 12.0. The van der Waals surface area contributed by atoms with Crippen LogP contribution in [0.3, 0.4) is 0 Å². The Labute approximate surface area is 139 Å². The first-order valence-electron chi connectivity index (χ1n) is 7.82. The topological polar surface area (TPSA) is 55.4 Å². The Morgan fingerprint density at radius 1 is 1.17 bits per heavy atom. The molecule has 3 rings (SSSR count). The molecular formula is C18H19NO3S. The van der Waals surface area contributed by atoms with Gasteiger partial charge in [0.05, 0.1) is 0 Å². The second-order valence-electron chi connectivity index (χ2n) is 5.57. The van der Waals surface area contributed by atoms with Gasteiger partial charge in [-0.3, -0.25) is 4.79 Å². The van der Waals surface area contributed by atoms with Crippen molar-refractivity contribution in [3.05, 3.63) is 57.3 Å². The van der Waals surface area contributed by atoms with E-state index in [-0.39, 0.29) is 12.5 Å². The summed E-state index contributed by atoms with van der Waals surface area (Å²) in [6, 6.07) is 11.8. The van der Waals surface area contributed by atoms with Gasteiger partial charge in [-0.2, -0.15) is 0 Å². The zero-order chi connectivity index (χ0) is 16.1. The van der Waals surface area contributed by atoms with Crippen molar-refractivity contribution in [2.45, 2.75) is 25.7 Å². The van der Waals surface area contributed by atoms with Crippen LogP contribution in [-0.4, -0.2) is 25.0 Å². The number of ether oxygens (including phenoxy) is 1. The van der Waals surface area contributed by atoms with E-state index in [1.165, 1.54) is 28.2 Å². The van der Waals surface area contributed by atoms with Crippen LogP contribution >= 0.6 is 11.3 Å². The first-order chi connectivity index (χ1) is 11.2. The molecule has 5 heteroatoms. The van der Waals surface area contributed by atoms with Crippen LogP contribution in [-0.2, 0) is 28.8 Å². The molecule has 0 bridgehead atoms. The van der Waals surface area contributed by atoms with E-state index in [1.807, 2.05) is 36.4 Å². The van der Waals surface area contributed by atoms with Crippen LogP contribution in [0.4, 0.5) is 0 Å². The minimum atomic E-state index is -0.400. The van der Waals surface area contributed by atoms with Crippen LogP contribution in [0, 0.1) is 0 Å². The molecule has 1 aromatic carbocycles. The minimum absolute atomic E-state index is 0.226. The Morgan fingerprint density at radius 2 is 2.00 bits per heavy atom. The summed E-state index contributed by atoms with van der Waals surface area (Å²) in [5.74, 6) is -0.666. The highest BCUT2D eigenvalue weighted by Crippen LogP contribution is 2.30. The van der Waals surface area contributed by atoms with Gasteiger partial charge in [0.2, 0.25) is 0 Å². The molecule has 0 saturated heterocycles. The number of nitrogens with one attached hydrogen (secondary N) is 1. The monoisotopic (exact) mass is 329 g/mol. The van der Waals surface area contributed by atoms with Crippen molar-refractivity contribution in [3.63, 3.8) is 0 Å². The van der Waals surface area contributed by atoms with Gasteiger partial charge in [0.15, 0.2) is 6.61 Å². The maximum atomic E-state index is 12.0. The predicted molar refractivity (Wildman–Crippen MR) is 89.8 cm³/mol. The zero-order valence-corrected chi connectivity index (χ0v) is 13.7. The van der Waals surface area contributed by atoms with Crippen molar-refractivity contribution in [1.29, 1.82) is 0 Å². The van der Waals surface area contributed by atoms with Crippen LogP contribution in [0.2, 0.25) is 0 Å². The summed E-state index contributed by atoms with van der Waals surface area (Å²) in [5, 5.41) is 2.76. The molecule has 0 radical (unpaired) electrons. The largest absolute Gasteiger partial charge is 0.451 e. The molecule has 0 unspecified atom stereocenters. The fourth-order valence-corrected chi connectivity index (χ4v) is 3.82. The molecule has 1 amide bonds. The van der Waals surface area contributed by atoms with Crippen LogP contribution in [0.1, 0.15) is 32.1 Å². The number of aryl methyl sites for hydroxylation is 2. The summed E-state index contributed by atoms with van der Waals surface area (Å²) in [4.78, 5) is 25.6. The van der Waals surface area contributed by atoms with Gasteiger partial charge in [0.25, 0.3) is 5.91 Å². The molecule has 0 saturated carbocycles. The van der Waals surface area contributed by atoms with E-state index >= 15 is 0 Å². The fraction of sp³-hybridized carbons (Fsp3) is 0.333. The van der Waals surface area contributed by atoms with Gasteiger partial charge in [0.1, 0.15) is 4.88 Å². The lowest BCUT2D eigenvalue weighted by molar-refractivity contribution is -0.124. The number of benzene rings is 1. The van der Waals surface area contributed by atoms with Crippen molar-refractivity contribution in [2.24, 2.45) is 0 Å². The third-order valence-corrected chi connectivity index (χ3v) is 5.08. The second kappa shape index (κ2) is 7.42. The quantitative estimate of drug-likeness (QED) is 0.829. The molecule has 1 N–H and O–H groups in total. The summed E-state index contributed by atoms with van der Waals surface area (Å²) in [5.41, 5.74) is 2.42. The third kappa shape index (κ3) is 4.20. The first kappa shape index (κ1) is 15.7. The number of carbonyl (C=O) groups is 2. The summed E-state index contributed by atoms with van der Waals surface area (Å²) in [7, 11) is 0. The van der Waals surface area contributed by atoms with Gasteiger partial charge in [0, 0.05) is 11.4 Å². The first-order valence-corrected chi connectivity index (χ1v) is 8.63. The van der Waals surface area contributed by atoms with Gasteiger partial charge in [-0.1, -0.05) is 30.3 Å². The normalized spacial score (nSPS) is 12.7. The molecule has 1 aliphatic carbocycles. The Morgan fingerprint density at radius 3 is 2.78 bits per heavy atom. The lowest BCUT2D eigenvalue weighted by Gasteiger charge is -2.06. The number of hydrogen-bond acceptors (Lipinski definition) is 4. The molecule has 23 heavy (non-hydrogen) atoms. The van der Waals surface area contributed by atoms with E-state index in [1.54, 1.807) is 0 Å². The van der Waals surface area contributed by atoms with Crippen LogP contribution in [0.15, 0.2) is 36.4 Å². The maximum Gasteiger partial charge on any atom is 0.348 e. The van der Waals surface area contributed by atoms with Gasteiger partial charge in [-0.25, -0.2) is 4.79 Å². The number of amides is 1. The highest BCUT2D eigenvalue weighted by molar-refractivity contribution is 7.14. The summed E-state index contributed by atoms with van der Waals surface area (Å²) >= 11 is 1.49. The lowest BCUT2D eigenvalue weighted by Crippen LogP contribution is -2.30. The van der Waals surface area contributed by atoms with Crippen molar-refractivity contribution >= 4 is 23.2 Å². The molecular weight excluding hydrogens is 310 g/mol. The number of thiophene rings is 1. The van der Waals surface area contributed by atoms with E-state index in [9.17, 15) is 9.59 Å². The Kier molecular flexibility index (Phi) is 5.08. The van der Waals surface area contributed by atoms with Gasteiger partial charge >= 0.3 is 5.97 Å². The number of esters is 1. The standard InChI is InChI=1S/C18H19NO3S/c20-17(19-10-9-13-5-2-1-3-6-13)12-22-18(21)16-11-14-7-4-8-15(14)23-16/h1-3,5-6,11H,4,7-10,12H2,(H,19,20). The number of carbonyl (C=O) groups excluding carboxylic acids is 2. The third-order valence-electron chi connectivity index (χ3n) is 3.86. The summed E-state index contributed by atoms with van der Waals surface area (Å²) < 4.78 is 5.09. The van der Waals surface area contributed by atoms with E-state index in [2.05, 4.69) is 5.32 Å². The summed E-state index contributed by atoms with van der Waals surface area (Å²) in [6.45, 7) is 0.309. The predicted octanol–water partition coefficient (Wildman–Crippen LogP) is 2.75. The van der Waals surface area contributed by atoms with Gasteiger partial charge < -0.3 is 10.1 Å². The van der Waals surface area contributed by atoms with Gasteiger partial charge in [-0.15, -0.1) is 11.3 Å². The molecule has 0 aliphatic heterocycles. The number of fused-ring (bicyclic) bond motifs is 1. The van der Waals surface area contributed by atoms with Crippen LogP contribution < -0.4 is 5.32 Å². The SMILES string of the molecule is O=C(COC(=O)c1cc2c(s1)CCC2)NCCc1ccccc1. The average Bonchev–Trinajstić information content (AvgIpc) is 3.15. The molecule has 1 aliphatic rings. The lowest BCUT2D eigenvalue weighted by atomic mass is 10.1. The van der Waals surface area contributed by atoms with Gasteiger partial charge in [-0.05, 0) is 42.9 Å². The molecule has 4 nitrogen and oxygen atoms in total. The fourth-order valence-electron chi connectivity index (χ4n) is 2.67. The van der Waals surface area contributed by atoms with Crippen molar-refractivity contribution < 1.29 is 14.3 Å². The van der Waals surface area contributed by atoms with Crippen molar-refractivity contribution in [2.75, 3.05) is 13.2 Å².